The summed E-state index contributed by atoms with van der Waals surface area (Å²) < 4.78 is 22.7. The third-order valence-electron chi connectivity index (χ3n) is 28.3. The van der Waals surface area contributed by atoms with Gasteiger partial charge < -0.3 is 18.6 Å². The number of hydrogen-bond donors (Lipinski definition) is 0. The molecular weight excluding hydrogens is 1760 g/mol. The van der Waals surface area contributed by atoms with E-state index >= 15 is 0 Å². The summed E-state index contributed by atoms with van der Waals surface area (Å²) in [5, 5.41) is 11.5. The van der Waals surface area contributed by atoms with Gasteiger partial charge in [0.1, 0.15) is 28.6 Å². The normalized spacial score (nSPS) is 14.1. The minimum absolute atomic E-state index is 0.250. The summed E-state index contributed by atoms with van der Waals surface area (Å²) in [6.45, 7) is 15.0. The quantitative estimate of drug-likeness (QED) is 0.105. The Balaban J connectivity index is 0.0000000992. The summed E-state index contributed by atoms with van der Waals surface area (Å²) in [5.74, 6) is 5.64. The van der Waals surface area contributed by atoms with Gasteiger partial charge in [-0.25, -0.2) is 0 Å². The third-order valence-corrected chi connectivity index (χ3v) is 34.5. The summed E-state index contributed by atoms with van der Waals surface area (Å²) >= 11 is 9.47. The fourth-order valence-electron chi connectivity index (χ4n) is 20.4. The summed E-state index contributed by atoms with van der Waals surface area (Å²) in [6, 6.07) is 142. The van der Waals surface area contributed by atoms with Gasteiger partial charge in [0.2, 0.25) is 0 Å². The molecule has 6 aliphatic heterocycles. The lowest BCUT2D eigenvalue weighted by molar-refractivity contribution is 0.341. The molecule has 672 valence electrons. The summed E-state index contributed by atoms with van der Waals surface area (Å²) in [6.07, 6.45) is 6.16. The van der Waals surface area contributed by atoms with Crippen LogP contribution in [-0.2, 0) is 38.5 Å². The molecule has 0 saturated heterocycles. The van der Waals surface area contributed by atoms with E-state index in [2.05, 4.69) is 405 Å². The second-order valence-electron chi connectivity index (χ2n) is 36.9. The molecule has 5 atom stereocenters. The van der Waals surface area contributed by atoms with Crippen molar-refractivity contribution in [3.8, 4) is 17.2 Å². The minimum atomic E-state index is 0.250. The Labute approximate surface area is 826 Å². The van der Waals surface area contributed by atoms with E-state index in [1.807, 2.05) is 83.9 Å². The predicted octanol–water partition coefficient (Wildman–Crippen LogP) is 35.2. The first-order valence-electron chi connectivity index (χ1n) is 48.1. The van der Waals surface area contributed by atoms with E-state index in [-0.39, 0.29) is 5.92 Å². The Hall–Kier alpha value is -13.1. The molecule has 0 spiro atoms. The van der Waals surface area contributed by atoms with Crippen molar-refractivity contribution in [1.82, 2.24) is 0 Å². The molecule has 20 aromatic rings. The first-order chi connectivity index (χ1) is 67.2. The van der Waals surface area contributed by atoms with Crippen LogP contribution in [0.2, 0.25) is 0 Å². The van der Waals surface area contributed by atoms with E-state index in [0.29, 0.717) is 30.3 Å². The molecule has 137 heavy (non-hydrogen) atoms. The van der Waals surface area contributed by atoms with Gasteiger partial charge >= 0.3 is 0 Å². The molecule has 7 heterocycles. The van der Waals surface area contributed by atoms with Crippen molar-refractivity contribution in [3.63, 3.8) is 0 Å². The molecule has 0 amide bonds. The Bertz CT molecular complexity index is 7890. The van der Waals surface area contributed by atoms with Crippen LogP contribution in [0.25, 0.3) is 54.1 Å². The maximum atomic E-state index is 6.08. The van der Waals surface area contributed by atoms with Crippen molar-refractivity contribution >= 4 is 113 Å². The van der Waals surface area contributed by atoms with Gasteiger partial charge in [0.25, 0.3) is 0 Å². The number of fused-ring (bicyclic) bond motifs is 16. The van der Waals surface area contributed by atoms with Gasteiger partial charge in [0.15, 0.2) is 0 Å². The molecule has 0 bridgehead atoms. The molecule has 9 heteroatoms. The van der Waals surface area contributed by atoms with Crippen LogP contribution in [0.4, 0.5) is 0 Å². The Kier molecular flexibility index (Phi) is 25.7. The molecule has 5 unspecified atom stereocenters. The monoisotopic (exact) mass is 1870 g/mol. The first kappa shape index (κ1) is 89.1. The topological polar surface area (TPSA) is 40.8 Å². The number of rotatable bonds is 13. The van der Waals surface area contributed by atoms with Crippen molar-refractivity contribution in [2.75, 3.05) is 20.3 Å². The highest BCUT2D eigenvalue weighted by atomic mass is 32.2. The Morgan fingerprint density at radius 3 is 0.978 bits per heavy atom. The molecule has 0 aliphatic carbocycles. The minimum Gasteiger partial charge on any atom is -0.497 e. The van der Waals surface area contributed by atoms with Crippen LogP contribution >= 0.6 is 58.8 Å². The van der Waals surface area contributed by atoms with Gasteiger partial charge in [0.05, 0.1) is 20.3 Å². The highest BCUT2D eigenvalue weighted by molar-refractivity contribution is 8.00. The van der Waals surface area contributed by atoms with E-state index in [1.165, 1.54) is 209 Å². The van der Waals surface area contributed by atoms with E-state index in [4.69, 9.17) is 18.6 Å². The Morgan fingerprint density at radius 1 is 0.255 bits per heavy atom. The number of ether oxygens (including phenoxy) is 3. The summed E-state index contributed by atoms with van der Waals surface area (Å²) in [4.78, 5) is 13.9. The second kappa shape index (κ2) is 39.6. The molecule has 0 saturated carbocycles. The number of furan rings is 1. The van der Waals surface area contributed by atoms with Crippen LogP contribution in [-0.4, -0.2) is 20.3 Å². The largest absolute Gasteiger partial charge is 0.497 e. The third kappa shape index (κ3) is 19.0. The van der Waals surface area contributed by atoms with Crippen molar-refractivity contribution in [2.24, 2.45) is 0 Å². The van der Waals surface area contributed by atoms with Crippen LogP contribution in [0.15, 0.2) is 442 Å². The molecular formula is C128H106O4S5. The zero-order valence-corrected chi connectivity index (χ0v) is 82.3. The van der Waals surface area contributed by atoms with Crippen LogP contribution in [0.3, 0.4) is 0 Å². The van der Waals surface area contributed by atoms with E-state index in [9.17, 15) is 0 Å². The lowest BCUT2D eigenvalue weighted by atomic mass is 9.84. The molecule has 4 nitrogen and oxygen atoms in total. The predicted molar refractivity (Wildman–Crippen MR) is 576 cm³/mol. The fourth-order valence-corrected chi connectivity index (χ4v) is 25.7. The van der Waals surface area contributed by atoms with Gasteiger partial charge in [-0.1, -0.05) is 372 Å². The lowest BCUT2D eigenvalue weighted by Gasteiger charge is -2.23. The average Bonchev–Trinajstić information content (AvgIpc) is 1.38. The Morgan fingerprint density at radius 2 is 0.569 bits per heavy atom. The maximum absolute atomic E-state index is 6.08. The average molecular weight is 1870 g/mol. The maximum Gasteiger partial charge on any atom is 0.134 e. The zero-order valence-electron chi connectivity index (χ0n) is 78.2. The summed E-state index contributed by atoms with van der Waals surface area (Å²) in [7, 11) is 1.71. The molecule has 0 N–H and O–H groups in total. The SMILES string of the molecule is CC(c1ccc2c(c1)CCO2)c1ccc2c(c1)Cc1ccccc1S2.CC(c1ccc2c(c1)Cc1ccccc1S2)c1c2ccccc2cc2ccccc12.CC(c1ccc2c(c1)Cc1ccccc1S2)c1cc2ccccc2o1.CCOc1ccc2cc(C(C)c3ccc4c(c3)Cc3ccccc3S4)ccc2c1.COc1ccc2cc(C(C)c3ccc4c(c3)Cc3ccccc3S4)ccc2c1. The van der Waals surface area contributed by atoms with E-state index < -0.39 is 0 Å². The fraction of sp³-hybridized carbons (Fsp3) is 0.156. The number of methoxy groups -OCH3 is 1. The van der Waals surface area contributed by atoms with Crippen LogP contribution < -0.4 is 14.2 Å². The zero-order chi connectivity index (χ0) is 92.6. The van der Waals surface area contributed by atoms with Gasteiger partial charge in [-0.15, -0.1) is 0 Å². The highest BCUT2D eigenvalue weighted by Crippen LogP contribution is 2.49. The molecule has 19 aromatic carbocycles. The van der Waals surface area contributed by atoms with Crippen molar-refractivity contribution in [2.45, 2.75) is 159 Å². The standard InChI is InChI=1S/C29H22S.C27H24OS.C26H22OS.C23H18OS.C23H20OS/c1-19(20-14-15-28-24(16-20)18-23-10-4-7-13-27(23)30-28)29-25-11-5-2-8-21(25)17-22-9-3-6-12-26(22)29;1-3-28-25-12-10-21-14-19(8-9-22(21)17-25)18(2)20-11-13-27-24(15-20)16-23-6-4-5-7-26(23)29-27;1-17(18-7-8-21-16-24(27-2)11-9-20(21)13-18)19-10-12-26-23(14-19)15-22-5-3-4-6-25(22)28-26;1-15(21-14-17-6-2-4-8-20(17)24-21)16-10-11-23-19(12-16)13-18-7-3-5-9-22(18)25-23;1-15(16-6-8-21-18(12-16)10-11-24-21)17-7-9-23-20(13-17)14-19-4-2-3-5-22(19)25-23/h2-17,19H,18H2,1H3;4-15,17-18H,3,16H2,1-2H3;3-14,16-17H,15H2,1-2H3;2-12,14-15H,13H2,1H3;2-9,12-13,15H,10-11,14H2,1H3. The van der Waals surface area contributed by atoms with Crippen LogP contribution in [0.1, 0.15) is 188 Å². The van der Waals surface area contributed by atoms with Gasteiger partial charge in [0, 0.05) is 90.4 Å². The lowest BCUT2D eigenvalue weighted by Crippen LogP contribution is -2.04. The smallest absolute Gasteiger partial charge is 0.134 e. The molecule has 1 aromatic heterocycles. The van der Waals surface area contributed by atoms with Gasteiger partial charge in [-0.3, -0.25) is 0 Å². The molecule has 0 fully saturated rings. The van der Waals surface area contributed by atoms with E-state index in [0.717, 1.165) is 73.7 Å². The highest BCUT2D eigenvalue weighted by Gasteiger charge is 2.28. The number of benzene rings is 19. The molecule has 26 rings (SSSR count). The molecule has 6 aliphatic rings. The van der Waals surface area contributed by atoms with Gasteiger partial charge in [-0.2, -0.15) is 0 Å². The van der Waals surface area contributed by atoms with Crippen molar-refractivity contribution in [3.05, 3.63) is 505 Å². The van der Waals surface area contributed by atoms with Gasteiger partial charge in [-0.05, 0) is 303 Å². The van der Waals surface area contributed by atoms with Crippen molar-refractivity contribution < 1.29 is 18.6 Å². The second-order valence-corrected chi connectivity index (χ2v) is 42.4. The van der Waals surface area contributed by atoms with Crippen LogP contribution in [0.5, 0.6) is 17.2 Å². The number of hydrogen-bond acceptors (Lipinski definition) is 9. The number of para-hydroxylation sites is 1. The molecule has 0 radical (unpaired) electrons. The summed E-state index contributed by atoms with van der Waals surface area (Å²) in [5.41, 5.74) is 29.1. The first-order valence-corrected chi connectivity index (χ1v) is 52.2. The van der Waals surface area contributed by atoms with E-state index in [1.54, 1.807) is 7.11 Å². The van der Waals surface area contributed by atoms with Crippen LogP contribution in [0, 0.1) is 0 Å². The van der Waals surface area contributed by atoms with Crippen molar-refractivity contribution in [1.29, 1.82) is 0 Å².